The summed E-state index contributed by atoms with van der Waals surface area (Å²) < 4.78 is 5.12. The molecule has 4 rings (SSSR count). The van der Waals surface area contributed by atoms with Gasteiger partial charge in [-0.15, -0.1) is 0 Å². The molecule has 0 unspecified atom stereocenters. The Morgan fingerprint density at radius 2 is 1.50 bits per heavy atom. The maximum absolute atomic E-state index is 11.5. The first kappa shape index (κ1) is 23.7. The molecular formula is C26H36N6O2. The van der Waals surface area contributed by atoms with Crippen molar-refractivity contribution in [2.24, 2.45) is 11.8 Å². The lowest BCUT2D eigenvalue weighted by molar-refractivity contribution is -0.114. The second-order valence-corrected chi connectivity index (χ2v) is 9.41. The Hall–Kier alpha value is -3.42. The smallest absolute Gasteiger partial charge is 0.221 e. The highest BCUT2D eigenvalue weighted by Crippen LogP contribution is 2.36. The highest BCUT2D eigenvalue weighted by molar-refractivity contribution is 5.93. The van der Waals surface area contributed by atoms with Gasteiger partial charge in [0, 0.05) is 55.7 Å². The van der Waals surface area contributed by atoms with Crippen molar-refractivity contribution >= 4 is 40.7 Å². The van der Waals surface area contributed by atoms with Crippen LogP contribution in [-0.4, -0.2) is 38.5 Å². The molecule has 0 radical (unpaired) electrons. The van der Waals surface area contributed by atoms with Gasteiger partial charge in [-0.2, -0.15) is 0 Å². The first-order valence-corrected chi connectivity index (χ1v) is 12.1. The fourth-order valence-corrected chi connectivity index (χ4v) is 5.34. The Balaban J connectivity index is 1.30. The van der Waals surface area contributed by atoms with Crippen molar-refractivity contribution in [3.05, 3.63) is 42.0 Å². The standard InChI is InChI=1S/C26H36N6O2/c1-18(33)30-26-15-23(3-5-25(26)29)32-12-8-20(9-13-32)19-6-10-31(11-7-19)22-2-4-24(28)21(14-22)16-34-17-27/h2-5,14-15,17,19-20,27H,6-13,16,28-29H2,1H3,(H,30,33). The Morgan fingerprint density at radius 3 is 2.03 bits per heavy atom. The number of amides is 1. The summed E-state index contributed by atoms with van der Waals surface area (Å²) in [7, 11) is 0. The molecule has 0 saturated carbocycles. The maximum Gasteiger partial charge on any atom is 0.221 e. The number of nitrogens with two attached hydrogens (primary N) is 2. The molecule has 2 aromatic carbocycles. The number of piperidine rings is 2. The van der Waals surface area contributed by atoms with E-state index in [4.69, 9.17) is 21.6 Å². The van der Waals surface area contributed by atoms with E-state index < -0.39 is 0 Å². The second-order valence-electron chi connectivity index (χ2n) is 9.41. The molecule has 1 amide bonds. The van der Waals surface area contributed by atoms with Crippen molar-refractivity contribution in [2.45, 2.75) is 39.2 Å². The van der Waals surface area contributed by atoms with E-state index in [0.717, 1.165) is 55.7 Å². The fraction of sp³-hybridized carbons (Fsp3) is 0.462. The van der Waals surface area contributed by atoms with Gasteiger partial charge in [0.25, 0.3) is 0 Å². The molecular weight excluding hydrogens is 428 g/mol. The van der Waals surface area contributed by atoms with E-state index in [1.54, 1.807) is 0 Å². The first-order valence-electron chi connectivity index (χ1n) is 12.1. The molecule has 2 fully saturated rings. The van der Waals surface area contributed by atoms with Crippen LogP contribution in [0.4, 0.5) is 28.4 Å². The zero-order valence-corrected chi connectivity index (χ0v) is 19.9. The highest BCUT2D eigenvalue weighted by atomic mass is 16.5. The van der Waals surface area contributed by atoms with Crippen LogP contribution in [0.2, 0.25) is 0 Å². The summed E-state index contributed by atoms with van der Waals surface area (Å²) in [6, 6.07) is 12.0. The first-order chi connectivity index (χ1) is 16.4. The van der Waals surface area contributed by atoms with Crippen LogP contribution in [0.3, 0.4) is 0 Å². The number of benzene rings is 2. The largest absolute Gasteiger partial charge is 0.479 e. The molecule has 34 heavy (non-hydrogen) atoms. The van der Waals surface area contributed by atoms with E-state index in [0.29, 0.717) is 23.7 Å². The van der Waals surface area contributed by atoms with Crippen LogP contribution in [-0.2, 0) is 16.1 Å². The van der Waals surface area contributed by atoms with E-state index in [9.17, 15) is 4.79 Å². The number of nitrogen functional groups attached to an aromatic ring is 2. The van der Waals surface area contributed by atoms with Crippen LogP contribution in [0.15, 0.2) is 36.4 Å². The number of carbonyl (C=O) groups is 1. The molecule has 8 nitrogen and oxygen atoms in total. The summed E-state index contributed by atoms with van der Waals surface area (Å²) in [6.45, 7) is 6.00. The summed E-state index contributed by atoms with van der Waals surface area (Å²) in [5, 5.41) is 9.90. The van der Waals surface area contributed by atoms with Crippen molar-refractivity contribution in [3.8, 4) is 0 Å². The molecule has 8 heteroatoms. The summed E-state index contributed by atoms with van der Waals surface area (Å²) in [5.74, 6) is 1.41. The lowest BCUT2D eigenvalue weighted by Gasteiger charge is -2.41. The zero-order chi connectivity index (χ0) is 24.1. The Labute approximate surface area is 201 Å². The van der Waals surface area contributed by atoms with Gasteiger partial charge < -0.3 is 31.3 Å². The predicted molar refractivity (Wildman–Crippen MR) is 139 cm³/mol. The van der Waals surface area contributed by atoms with Gasteiger partial charge in [-0.3, -0.25) is 10.2 Å². The van der Waals surface area contributed by atoms with Gasteiger partial charge in [-0.1, -0.05) is 0 Å². The van der Waals surface area contributed by atoms with Crippen molar-refractivity contribution in [1.29, 1.82) is 5.41 Å². The third kappa shape index (κ3) is 5.55. The average Bonchev–Trinajstić information content (AvgIpc) is 2.85. The van der Waals surface area contributed by atoms with E-state index >= 15 is 0 Å². The van der Waals surface area contributed by atoms with Crippen LogP contribution in [0.25, 0.3) is 0 Å². The second kappa shape index (κ2) is 10.7. The van der Waals surface area contributed by atoms with Gasteiger partial charge in [0.1, 0.15) is 6.61 Å². The number of anilines is 5. The summed E-state index contributed by atoms with van der Waals surface area (Å²) in [5.41, 5.74) is 17.3. The van der Waals surface area contributed by atoms with Crippen molar-refractivity contribution in [2.75, 3.05) is 52.8 Å². The number of hydrogen-bond donors (Lipinski definition) is 4. The molecule has 0 aromatic heterocycles. The summed E-state index contributed by atoms with van der Waals surface area (Å²) in [4.78, 5) is 16.3. The molecule has 0 spiro atoms. The third-order valence-electron chi connectivity index (χ3n) is 7.27. The Kier molecular flexibility index (Phi) is 7.45. The molecule has 0 aliphatic carbocycles. The summed E-state index contributed by atoms with van der Waals surface area (Å²) in [6.07, 6.45) is 5.75. The molecule has 2 aliphatic heterocycles. The molecule has 6 N–H and O–H groups in total. The minimum atomic E-state index is -0.108. The average molecular weight is 465 g/mol. The van der Waals surface area contributed by atoms with Crippen LogP contribution in [0, 0.1) is 17.2 Å². The monoisotopic (exact) mass is 464 g/mol. The number of nitrogens with one attached hydrogen (secondary N) is 2. The number of hydrogen-bond acceptors (Lipinski definition) is 7. The molecule has 2 aliphatic rings. The number of nitrogens with zero attached hydrogens (tertiary/aromatic N) is 2. The van der Waals surface area contributed by atoms with Crippen molar-refractivity contribution in [1.82, 2.24) is 0 Å². The minimum absolute atomic E-state index is 0.108. The zero-order valence-electron chi connectivity index (χ0n) is 19.9. The van der Waals surface area contributed by atoms with Gasteiger partial charge in [0.2, 0.25) is 5.91 Å². The van der Waals surface area contributed by atoms with E-state index in [1.807, 2.05) is 24.3 Å². The molecule has 0 atom stereocenters. The maximum atomic E-state index is 11.5. The third-order valence-corrected chi connectivity index (χ3v) is 7.27. The van der Waals surface area contributed by atoms with Crippen LogP contribution in [0.5, 0.6) is 0 Å². The molecule has 182 valence electrons. The van der Waals surface area contributed by atoms with Gasteiger partial charge >= 0.3 is 0 Å². The van der Waals surface area contributed by atoms with E-state index in [-0.39, 0.29) is 5.91 Å². The Morgan fingerprint density at radius 1 is 0.971 bits per heavy atom. The minimum Gasteiger partial charge on any atom is -0.479 e. The van der Waals surface area contributed by atoms with E-state index in [1.165, 1.54) is 38.3 Å². The number of ether oxygens (including phenoxy) is 1. The Bertz CT molecular complexity index is 1010. The van der Waals surface area contributed by atoms with Gasteiger partial charge in [0.05, 0.1) is 11.4 Å². The van der Waals surface area contributed by atoms with Gasteiger partial charge in [-0.05, 0) is 73.9 Å². The lowest BCUT2D eigenvalue weighted by Crippen LogP contribution is -2.41. The number of carbonyl (C=O) groups excluding carboxylic acids is 1. The van der Waals surface area contributed by atoms with Crippen LogP contribution < -0.4 is 26.6 Å². The highest BCUT2D eigenvalue weighted by Gasteiger charge is 2.30. The topological polar surface area (TPSA) is 121 Å². The number of rotatable bonds is 7. The van der Waals surface area contributed by atoms with Crippen molar-refractivity contribution < 1.29 is 9.53 Å². The molecule has 2 saturated heterocycles. The van der Waals surface area contributed by atoms with Gasteiger partial charge in [-0.25, -0.2) is 0 Å². The quantitative estimate of drug-likeness (QED) is 0.278. The molecule has 2 aromatic rings. The van der Waals surface area contributed by atoms with Crippen molar-refractivity contribution in [3.63, 3.8) is 0 Å². The molecule has 0 bridgehead atoms. The fourth-order valence-electron chi connectivity index (χ4n) is 5.34. The molecule has 2 heterocycles. The normalized spacial score (nSPS) is 17.4. The predicted octanol–water partition coefficient (Wildman–Crippen LogP) is 4.07. The van der Waals surface area contributed by atoms with Crippen LogP contribution >= 0.6 is 0 Å². The lowest BCUT2D eigenvalue weighted by atomic mass is 9.78. The summed E-state index contributed by atoms with van der Waals surface area (Å²) >= 11 is 0. The van der Waals surface area contributed by atoms with Crippen LogP contribution in [0.1, 0.15) is 38.2 Å². The van der Waals surface area contributed by atoms with E-state index in [2.05, 4.69) is 27.2 Å². The SMILES string of the molecule is CC(=O)Nc1cc(N2CCC(C3CCN(c4ccc(N)c(COC=N)c4)CC3)CC2)ccc1N. The van der Waals surface area contributed by atoms with Gasteiger partial charge in [0.15, 0.2) is 6.40 Å².